The Hall–Kier alpha value is -6.38. The molecule has 2 nitrogen and oxygen atoms in total. The topological polar surface area (TPSA) is 16.4 Å². The van der Waals surface area contributed by atoms with Crippen molar-refractivity contribution in [3.8, 4) is 11.1 Å². The first-order chi connectivity index (χ1) is 27.2. The zero-order valence-electron chi connectivity index (χ0n) is 33.2. The summed E-state index contributed by atoms with van der Waals surface area (Å²) in [7, 11) is 0. The molecule has 1 atom stereocenters. The van der Waals surface area contributed by atoms with Crippen molar-refractivity contribution in [2.75, 3.05) is 4.90 Å². The summed E-state index contributed by atoms with van der Waals surface area (Å²) in [5.74, 6) is 0. The highest BCUT2D eigenvalue weighted by Gasteiger charge is 2.46. The molecule has 1 aliphatic carbocycles. The van der Waals surface area contributed by atoms with Crippen LogP contribution in [0.15, 0.2) is 192 Å². The highest BCUT2D eigenvalue weighted by molar-refractivity contribution is 6.05. The maximum Gasteiger partial charge on any atom is 0.135 e. The van der Waals surface area contributed by atoms with Crippen LogP contribution in [0.1, 0.15) is 31.8 Å². The van der Waals surface area contributed by atoms with Crippen LogP contribution in [0.4, 0.5) is 17.1 Å². The van der Waals surface area contributed by atoms with E-state index in [1.807, 2.05) is 115 Å². The van der Waals surface area contributed by atoms with Crippen LogP contribution in [-0.2, 0) is 5.41 Å². The van der Waals surface area contributed by atoms with Gasteiger partial charge in [0, 0.05) is 27.8 Å². The fraction of sp³-hybridized carbons (Fsp3) is 0.0213. The van der Waals surface area contributed by atoms with Gasteiger partial charge in [-0.1, -0.05) is 133 Å². The first kappa shape index (κ1) is 21.5. The van der Waals surface area contributed by atoms with Crippen molar-refractivity contribution < 1.29 is 14.0 Å². The standard InChI is InChI=1S/C47H31NO/c1-3-15-36(16-4-1)48(37-17-5-2-6-18-37)38-26-28-44-42(31-38)39-19-9-11-21-43(39)47(44,34-24-23-32-13-7-8-14-33(32)29-34)35-25-27-41-40-20-10-12-22-45(40)49-46(41)30-35/h1-31H/i7D,8D,13D,14D,23D,24D,29D. The molecule has 0 spiro atoms. The minimum atomic E-state index is -1.36. The number of benzene rings is 8. The Kier molecular flexibility index (Phi) is 4.75. The van der Waals surface area contributed by atoms with E-state index >= 15 is 0 Å². The molecule has 8 aromatic carbocycles. The number of para-hydroxylation sites is 3. The van der Waals surface area contributed by atoms with Gasteiger partial charge in [0.1, 0.15) is 11.2 Å². The van der Waals surface area contributed by atoms with Crippen molar-refractivity contribution in [2.45, 2.75) is 5.41 Å². The van der Waals surface area contributed by atoms with Gasteiger partial charge in [-0.3, -0.25) is 0 Å². The molecular weight excluding hydrogens is 595 g/mol. The molecule has 2 heteroatoms. The van der Waals surface area contributed by atoms with E-state index in [2.05, 4.69) is 35.2 Å². The van der Waals surface area contributed by atoms with Crippen molar-refractivity contribution in [1.82, 2.24) is 0 Å². The lowest BCUT2D eigenvalue weighted by molar-refractivity contribution is 0.665. The Morgan fingerprint density at radius 1 is 0.469 bits per heavy atom. The van der Waals surface area contributed by atoms with Gasteiger partial charge in [-0.15, -0.1) is 0 Å². The Labute approximate surface area is 295 Å². The van der Waals surface area contributed by atoms with E-state index < -0.39 is 29.6 Å². The van der Waals surface area contributed by atoms with Crippen LogP contribution in [0, 0.1) is 0 Å². The molecule has 1 aromatic heterocycles. The van der Waals surface area contributed by atoms with Gasteiger partial charge in [0.2, 0.25) is 0 Å². The molecule has 0 saturated heterocycles. The molecule has 0 radical (unpaired) electrons. The third-order valence-electron chi connectivity index (χ3n) is 9.75. The molecule has 0 amide bonds. The number of furan rings is 1. The zero-order chi connectivity index (χ0) is 38.5. The second-order valence-corrected chi connectivity index (χ2v) is 12.3. The van der Waals surface area contributed by atoms with Crippen molar-refractivity contribution in [2.24, 2.45) is 0 Å². The first-order valence-electron chi connectivity index (χ1n) is 19.8. The summed E-state index contributed by atoms with van der Waals surface area (Å²) in [4.78, 5) is 2.18. The smallest absolute Gasteiger partial charge is 0.135 e. The van der Waals surface area contributed by atoms with Gasteiger partial charge in [-0.2, -0.15) is 0 Å². The summed E-state index contributed by atoms with van der Waals surface area (Å²) < 4.78 is 70.1. The van der Waals surface area contributed by atoms with Crippen LogP contribution in [0.2, 0.25) is 0 Å². The highest BCUT2D eigenvalue weighted by atomic mass is 16.3. The van der Waals surface area contributed by atoms with Crippen LogP contribution in [0.5, 0.6) is 0 Å². The van der Waals surface area contributed by atoms with Gasteiger partial charge in [-0.05, 0) is 98.7 Å². The average molecular weight is 633 g/mol. The number of fused-ring (bicyclic) bond motifs is 7. The average Bonchev–Trinajstić information content (AvgIpc) is 3.75. The van der Waals surface area contributed by atoms with Crippen LogP contribution in [-0.4, -0.2) is 0 Å². The van der Waals surface area contributed by atoms with Crippen LogP contribution in [0.25, 0.3) is 43.8 Å². The van der Waals surface area contributed by atoms with Gasteiger partial charge < -0.3 is 9.32 Å². The summed E-state index contributed by atoms with van der Waals surface area (Å²) in [5, 5.41) is 1.65. The Bertz CT molecular complexity index is 3030. The van der Waals surface area contributed by atoms with Crippen molar-refractivity contribution in [3.05, 3.63) is 210 Å². The Morgan fingerprint density at radius 2 is 1.14 bits per heavy atom. The second-order valence-electron chi connectivity index (χ2n) is 12.3. The maximum atomic E-state index is 9.91. The monoisotopic (exact) mass is 632 g/mol. The van der Waals surface area contributed by atoms with Crippen LogP contribution < -0.4 is 4.90 Å². The number of nitrogens with zero attached hydrogens (tertiary/aromatic N) is 1. The minimum absolute atomic E-state index is 0.0851. The van der Waals surface area contributed by atoms with E-state index in [4.69, 9.17) is 9.90 Å². The Morgan fingerprint density at radius 3 is 1.96 bits per heavy atom. The molecule has 0 fully saturated rings. The normalized spacial score (nSPS) is 17.0. The molecule has 230 valence electrons. The predicted molar refractivity (Wildman–Crippen MR) is 203 cm³/mol. The summed E-state index contributed by atoms with van der Waals surface area (Å²) in [6.07, 6.45) is 0. The third kappa shape index (κ3) is 4.14. The molecular formula is C47H31NO. The second kappa shape index (κ2) is 10.8. The summed E-state index contributed by atoms with van der Waals surface area (Å²) in [6, 6.07) is 45.5. The highest BCUT2D eigenvalue weighted by Crippen LogP contribution is 2.58. The largest absolute Gasteiger partial charge is 0.456 e. The minimum Gasteiger partial charge on any atom is -0.456 e. The fourth-order valence-corrected chi connectivity index (χ4v) is 7.67. The van der Waals surface area contributed by atoms with E-state index in [1.54, 1.807) is 0 Å². The molecule has 0 N–H and O–H groups in total. The number of hydrogen-bond donors (Lipinski definition) is 0. The molecule has 0 aliphatic heterocycles. The summed E-state index contributed by atoms with van der Waals surface area (Å²) in [5.41, 5.74) is 7.01. The Balaban J connectivity index is 1.35. The van der Waals surface area contributed by atoms with Crippen molar-refractivity contribution in [3.63, 3.8) is 0 Å². The van der Waals surface area contributed by atoms with Gasteiger partial charge in [-0.25, -0.2) is 0 Å². The van der Waals surface area contributed by atoms with Crippen molar-refractivity contribution >= 4 is 49.8 Å². The van der Waals surface area contributed by atoms with E-state index in [-0.39, 0.29) is 34.5 Å². The summed E-state index contributed by atoms with van der Waals surface area (Å²) in [6.45, 7) is 0. The SMILES string of the molecule is [2H]c1c([2H])c([2H])c2c([2H])c(C3(c4ccc5c(c4)oc4ccccc45)c4ccccc4-c4cc(N(c5ccccc5)c5ccccc5)ccc43)c([2H])c([2H])c2c1[2H]. The lowest BCUT2D eigenvalue weighted by atomic mass is 9.67. The third-order valence-corrected chi connectivity index (χ3v) is 9.75. The van der Waals surface area contributed by atoms with Crippen LogP contribution in [0.3, 0.4) is 0 Å². The van der Waals surface area contributed by atoms with Gasteiger partial charge in [0.25, 0.3) is 0 Å². The van der Waals surface area contributed by atoms with E-state index in [0.29, 0.717) is 11.1 Å². The molecule has 49 heavy (non-hydrogen) atoms. The molecule has 10 rings (SSSR count). The lowest BCUT2D eigenvalue weighted by Crippen LogP contribution is -2.28. The van der Waals surface area contributed by atoms with E-state index in [9.17, 15) is 4.11 Å². The van der Waals surface area contributed by atoms with Crippen LogP contribution >= 0.6 is 0 Å². The van der Waals surface area contributed by atoms with E-state index in [0.717, 1.165) is 55.7 Å². The summed E-state index contributed by atoms with van der Waals surface area (Å²) >= 11 is 0. The number of hydrogen-bond acceptors (Lipinski definition) is 2. The van der Waals surface area contributed by atoms with Crippen molar-refractivity contribution in [1.29, 1.82) is 0 Å². The fourth-order valence-electron chi connectivity index (χ4n) is 7.67. The lowest BCUT2D eigenvalue weighted by Gasteiger charge is -2.34. The molecule has 1 aliphatic rings. The van der Waals surface area contributed by atoms with Gasteiger partial charge in [0.15, 0.2) is 0 Å². The molecule has 1 unspecified atom stereocenters. The van der Waals surface area contributed by atoms with Gasteiger partial charge in [0.05, 0.1) is 15.0 Å². The van der Waals surface area contributed by atoms with Gasteiger partial charge >= 0.3 is 0 Å². The first-order valence-corrected chi connectivity index (χ1v) is 16.3. The number of anilines is 3. The predicted octanol–water partition coefficient (Wildman–Crippen LogP) is 12.6. The zero-order valence-corrected chi connectivity index (χ0v) is 26.2. The quantitative estimate of drug-likeness (QED) is 0.188. The molecule has 1 heterocycles. The molecule has 0 saturated carbocycles. The molecule has 0 bridgehead atoms. The maximum absolute atomic E-state index is 9.91. The number of rotatable bonds is 5. The van der Waals surface area contributed by atoms with E-state index in [1.165, 1.54) is 0 Å². The molecule has 9 aromatic rings.